The van der Waals surface area contributed by atoms with Gasteiger partial charge in [-0.05, 0) is 18.0 Å². The van der Waals surface area contributed by atoms with Gasteiger partial charge < -0.3 is 10.3 Å². The first-order valence-electron chi connectivity index (χ1n) is 4.36. The minimum atomic E-state index is 0.136. The van der Waals surface area contributed by atoms with E-state index in [0.29, 0.717) is 11.5 Å². The first kappa shape index (κ1) is 9.21. The molecule has 2 aromatic heterocycles. The zero-order valence-corrected chi connectivity index (χ0v) is 8.49. The zero-order chi connectivity index (χ0) is 10.1. The summed E-state index contributed by atoms with van der Waals surface area (Å²) in [5, 5.41) is 0.136. The lowest BCUT2D eigenvalue weighted by atomic mass is 10.4. The van der Waals surface area contributed by atoms with Gasteiger partial charge in [-0.15, -0.1) is 0 Å². The molecule has 14 heavy (non-hydrogen) atoms. The fraction of sp³-hybridized carbons (Fsp3) is 0.375. The molecule has 0 unspecified atom stereocenters. The number of halogens is 1. The lowest BCUT2D eigenvalue weighted by molar-refractivity contribution is 0.697. The van der Waals surface area contributed by atoms with Gasteiger partial charge in [0.15, 0.2) is 11.5 Å². The van der Waals surface area contributed by atoms with Gasteiger partial charge in [0.1, 0.15) is 5.52 Å². The summed E-state index contributed by atoms with van der Waals surface area (Å²) in [5.41, 5.74) is 7.05. The van der Waals surface area contributed by atoms with Crippen LogP contribution in [0.25, 0.3) is 11.2 Å². The highest BCUT2D eigenvalue weighted by Crippen LogP contribution is 2.18. The number of hydrogen-bond acceptors (Lipinski definition) is 4. The van der Waals surface area contributed by atoms with E-state index >= 15 is 0 Å². The number of nitrogen functional groups attached to an aromatic ring is 1. The van der Waals surface area contributed by atoms with Crippen LogP contribution in [0.2, 0.25) is 5.28 Å². The number of imidazole rings is 1. The van der Waals surface area contributed by atoms with E-state index in [1.807, 2.05) is 4.57 Å². The average molecular weight is 212 g/mol. The van der Waals surface area contributed by atoms with Gasteiger partial charge >= 0.3 is 0 Å². The zero-order valence-electron chi connectivity index (χ0n) is 7.74. The Balaban J connectivity index is 2.66. The van der Waals surface area contributed by atoms with Crippen LogP contribution < -0.4 is 5.73 Å². The molecule has 2 rings (SSSR count). The van der Waals surface area contributed by atoms with Crippen molar-refractivity contribution in [2.45, 2.75) is 19.9 Å². The van der Waals surface area contributed by atoms with Crippen molar-refractivity contribution in [3.63, 3.8) is 0 Å². The van der Waals surface area contributed by atoms with Crippen molar-refractivity contribution in [3.8, 4) is 0 Å². The second-order valence-corrected chi connectivity index (χ2v) is 3.33. The molecule has 2 N–H and O–H groups in total. The number of hydrogen-bond donors (Lipinski definition) is 1. The molecule has 0 bridgehead atoms. The van der Waals surface area contributed by atoms with Gasteiger partial charge in [-0.25, -0.2) is 4.98 Å². The van der Waals surface area contributed by atoms with E-state index in [4.69, 9.17) is 17.3 Å². The third-order valence-electron chi connectivity index (χ3n) is 1.94. The standard InChI is InChI=1S/C8H10ClN5/c1-2-3-14-4-11-7-5(14)6(10)12-8(9)13-7/h4H,2-3H2,1H3,(H2,10,12,13). The molecule has 0 saturated heterocycles. The van der Waals surface area contributed by atoms with E-state index in [2.05, 4.69) is 21.9 Å². The predicted octanol–water partition coefficient (Wildman–Crippen LogP) is 1.47. The van der Waals surface area contributed by atoms with Crippen LogP contribution in [-0.2, 0) is 6.54 Å². The monoisotopic (exact) mass is 211 g/mol. The molecule has 2 aromatic rings. The van der Waals surface area contributed by atoms with Crippen LogP contribution in [0.15, 0.2) is 6.33 Å². The maximum atomic E-state index is 5.74. The summed E-state index contributed by atoms with van der Waals surface area (Å²) in [4.78, 5) is 12.0. The minimum absolute atomic E-state index is 0.136. The Morgan fingerprint density at radius 3 is 3.00 bits per heavy atom. The molecule has 0 radical (unpaired) electrons. The van der Waals surface area contributed by atoms with Crippen molar-refractivity contribution in [1.82, 2.24) is 19.5 Å². The second-order valence-electron chi connectivity index (χ2n) is 2.99. The van der Waals surface area contributed by atoms with E-state index < -0.39 is 0 Å². The highest BCUT2D eigenvalue weighted by atomic mass is 35.5. The number of aryl methyl sites for hydroxylation is 1. The highest BCUT2D eigenvalue weighted by Gasteiger charge is 2.09. The summed E-state index contributed by atoms with van der Waals surface area (Å²) in [7, 11) is 0. The Kier molecular flexibility index (Phi) is 2.25. The number of rotatable bonds is 2. The maximum Gasteiger partial charge on any atom is 0.226 e. The van der Waals surface area contributed by atoms with Crippen molar-refractivity contribution in [3.05, 3.63) is 11.6 Å². The molecule has 2 heterocycles. The van der Waals surface area contributed by atoms with Crippen LogP contribution in [0.3, 0.4) is 0 Å². The Hall–Kier alpha value is -1.36. The number of nitrogens with zero attached hydrogens (tertiary/aromatic N) is 4. The van der Waals surface area contributed by atoms with Crippen LogP contribution in [0.4, 0.5) is 5.82 Å². The van der Waals surface area contributed by atoms with Gasteiger partial charge in [0.05, 0.1) is 6.33 Å². The topological polar surface area (TPSA) is 69.6 Å². The van der Waals surface area contributed by atoms with Gasteiger partial charge in [0.25, 0.3) is 0 Å². The molecule has 5 nitrogen and oxygen atoms in total. The van der Waals surface area contributed by atoms with Crippen LogP contribution in [0.5, 0.6) is 0 Å². The predicted molar refractivity (Wildman–Crippen MR) is 55.0 cm³/mol. The number of fused-ring (bicyclic) bond motifs is 1. The maximum absolute atomic E-state index is 5.74. The Morgan fingerprint density at radius 2 is 2.29 bits per heavy atom. The minimum Gasteiger partial charge on any atom is -0.382 e. The van der Waals surface area contributed by atoms with Crippen LogP contribution in [0, 0.1) is 0 Å². The van der Waals surface area contributed by atoms with Crippen LogP contribution in [-0.4, -0.2) is 19.5 Å². The average Bonchev–Trinajstić information content (AvgIpc) is 2.49. The first-order valence-corrected chi connectivity index (χ1v) is 4.74. The van der Waals surface area contributed by atoms with Crippen molar-refractivity contribution in [1.29, 1.82) is 0 Å². The summed E-state index contributed by atoms with van der Waals surface area (Å²) in [6.07, 6.45) is 2.71. The molecule has 0 spiro atoms. The third-order valence-corrected chi connectivity index (χ3v) is 2.11. The number of aromatic nitrogens is 4. The molecule has 0 aliphatic rings. The van der Waals surface area contributed by atoms with E-state index in [0.717, 1.165) is 18.5 Å². The van der Waals surface area contributed by atoms with Crippen molar-refractivity contribution in [2.75, 3.05) is 5.73 Å². The summed E-state index contributed by atoms with van der Waals surface area (Å²) in [6, 6.07) is 0. The summed E-state index contributed by atoms with van der Waals surface area (Å²) >= 11 is 5.66. The van der Waals surface area contributed by atoms with E-state index in [-0.39, 0.29) is 5.28 Å². The summed E-state index contributed by atoms with van der Waals surface area (Å²) in [6.45, 7) is 2.94. The van der Waals surface area contributed by atoms with Crippen LogP contribution in [0.1, 0.15) is 13.3 Å². The quantitative estimate of drug-likeness (QED) is 0.764. The molecule has 0 atom stereocenters. The van der Waals surface area contributed by atoms with Crippen molar-refractivity contribution in [2.24, 2.45) is 0 Å². The number of nitrogens with two attached hydrogens (primary N) is 1. The molecule has 0 fully saturated rings. The largest absolute Gasteiger partial charge is 0.382 e. The molecule has 0 saturated carbocycles. The van der Waals surface area contributed by atoms with Gasteiger partial charge in [0, 0.05) is 6.54 Å². The van der Waals surface area contributed by atoms with Crippen LogP contribution >= 0.6 is 11.6 Å². The fourth-order valence-corrected chi connectivity index (χ4v) is 1.56. The molecule has 0 aliphatic carbocycles. The highest BCUT2D eigenvalue weighted by molar-refractivity contribution is 6.28. The third kappa shape index (κ3) is 1.39. The molecular weight excluding hydrogens is 202 g/mol. The van der Waals surface area contributed by atoms with E-state index in [9.17, 15) is 0 Å². The Labute approximate surface area is 85.9 Å². The smallest absolute Gasteiger partial charge is 0.226 e. The molecule has 6 heteroatoms. The number of anilines is 1. The Morgan fingerprint density at radius 1 is 1.50 bits per heavy atom. The molecular formula is C8H10ClN5. The summed E-state index contributed by atoms with van der Waals surface area (Å²) < 4.78 is 1.93. The molecule has 0 aromatic carbocycles. The molecule has 74 valence electrons. The fourth-order valence-electron chi connectivity index (χ4n) is 1.39. The van der Waals surface area contributed by atoms with Gasteiger partial charge in [0.2, 0.25) is 5.28 Å². The first-order chi connectivity index (χ1) is 6.72. The lowest BCUT2D eigenvalue weighted by Gasteiger charge is -2.02. The molecule has 0 amide bonds. The van der Waals surface area contributed by atoms with Crippen molar-refractivity contribution >= 4 is 28.6 Å². The SMILES string of the molecule is CCCn1cnc2nc(Cl)nc(N)c21. The van der Waals surface area contributed by atoms with E-state index in [1.165, 1.54) is 0 Å². The normalized spacial score (nSPS) is 11.0. The second kappa shape index (κ2) is 3.42. The van der Waals surface area contributed by atoms with E-state index in [1.54, 1.807) is 6.33 Å². The Bertz CT molecular complexity index is 464. The molecule has 0 aliphatic heterocycles. The summed E-state index contributed by atoms with van der Waals surface area (Å²) in [5.74, 6) is 0.381. The van der Waals surface area contributed by atoms with Gasteiger partial charge in [-0.2, -0.15) is 9.97 Å². The van der Waals surface area contributed by atoms with Gasteiger partial charge in [-0.3, -0.25) is 0 Å². The van der Waals surface area contributed by atoms with Crippen molar-refractivity contribution < 1.29 is 0 Å². The lowest BCUT2D eigenvalue weighted by Crippen LogP contribution is -2.00. The van der Waals surface area contributed by atoms with Gasteiger partial charge in [-0.1, -0.05) is 6.92 Å².